The highest BCUT2D eigenvalue weighted by atomic mass is 16.5. The zero-order valence-corrected chi connectivity index (χ0v) is 14.4. The zero-order valence-electron chi connectivity index (χ0n) is 14.4. The van der Waals surface area contributed by atoms with Crippen LogP contribution in [0.15, 0.2) is 18.3 Å². The molecular weight excluding hydrogens is 318 g/mol. The number of hydrogen-bond acceptors (Lipinski definition) is 4. The van der Waals surface area contributed by atoms with Crippen LogP contribution in [0.3, 0.4) is 0 Å². The first kappa shape index (κ1) is 16.4. The number of likely N-dealkylation sites (tertiary alicyclic amines) is 1. The molecule has 25 heavy (non-hydrogen) atoms. The summed E-state index contributed by atoms with van der Waals surface area (Å²) >= 11 is 0. The van der Waals surface area contributed by atoms with Gasteiger partial charge in [0.15, 0.2) is 0 Å². The highest BCUT2D eigenvalue weighted by Crippen LogP contribution is 2.31. The number of piperidine rings is 1. The molecule has 2 amide bonds. The molecule has 0 bridgehead atoms. The molecule has 1 aromatic heterocycles. The van der Waals surface area contributed by atoms with Gasteiger partial charge in [-0.1, -0.05) is 6.42 Å². The average Bonchev–Trinajstić information content (AvgIpc) is 3.41. The summed E-state index contributed by atoms with van der Waals surface area (Å²) < 4.78 is 5.94. The first-order chi connectivity index (χ1) is 12.2. The number of amides is 2. The van der Waals surface area contributed by atoms with Crippen molar-refractivity contribution in [2.24, 2.45) is 11.8 Å². The Bertz CT molecular complexity index is 630. The molecule has 0 unspecified atom stereocenters. The summed E-state index contributed by atoms with van der Waals surface area (Å²) in [6.07, 6.45) is 8.73. The maximum Gasteiger partial charge on any atom is 0.227 e. The number of anilines is 1. The van der Waals surface area contributed by atoms with E-state index in [0.717, 1.165) is 51.6 Å². The van der Waals surface area contributed by atoms with Crippen molar-refractivity contribution >= 4 is 17.5 Å². The van der Waals surface area contributed by atoms with Gasteiger partial charge in [-0.15, -0.1) is 0 Å². The fraction of sp³-hybridized carbons (Fsp3) is 0.632. The molecule has 2 heterocycles. The van der Waals surface area contributed by atoms with Gasteiger partial charge < -0.3 is 15.0 Å². The molecule has 134 valence electrons. The van der Waals surface area contributed by atoms with Gasteiger partial charge in [0, 0.05) is 43.8 Å². The van der Waals surface area contributed by atoms with Crippen molar-refractivity contribution in [3.05, 3.63) is 18.3 Å². The van der Waals surface area contributed by atoms with Gasteiger partial charge in [0.2, 0.25) is 17.7 Å². The molecule has 1 N–H and O–H groups in total. The van der Waals surface area contributed by atoms with E-state index in [1.165, 1.54) is 6.42 Å². The number of aromatic nitrogens is 1. The molecule has 0 aromatic carbocycles. The van der Waals surface area contributed by atoms with Gasteiger partial charge in [0.05, 0.1) is 11.9 Å². The second-order valence-corrected chi connectivity index (χ2v) is 7.42. The van der Waals surface area contributed by atoms with Crippen molar-refractivity contribution in [2.45, 2.75) is 51.0 Å². The number of rotatable bonds is 5. The Hall–Kier alpha value is -2.11. The average molecular weight is 343 g/mol. The van der Waals surface area contributed by atoms with E-state index >= 15 is 0 Å². The van der Waals surface area contributed by atoms with Gasteiger partial charge in [0.25, 0.3) is 0 Å². The minimum absolute atomic E-state index is 0.0824. The summed E-state index contributed by atoms with van der Waals surface area (Å²) in [5.41, 5.74) is 0.713. The van der Waals surface area contributed by atoms with Crippen LogP contribution in [0.1, 0.15) is 44.9 Å². The molecule has 0 radical (unpaired) electrons. The molecule has 2 aliphatic carbocycles. The Kier molecular flexibility index (Phi) is 4.59. The maximum absolute atomic E-state index is 12.3. The molecule has 1 saturated heterocycles. The number of carbonyl (C=O) groups excluding carboxylic acids is 2. The first-order valence-electron chi connectivity index (χ1n) is 9.41. The lowest BCUT2D eigenvalue weighted by atomic mass is 9.84. The van der Waals surface area contributed by atoms with Gasteiger partial charge >= 0.3 is 0 Å². The number of carbonyl (C=O) groups is 2. The van der Waals surface area contributed by atoms with Gasteiger partial charge in [-0.2, -0.15) is 0 Å². The van der Waals surface area contributed by atoms with Gasteiger partial charge in [0.1, 0.15) is 6.10 Å². The summed E-state index contributed by atoms with van der Waals surface area (Å²) in [6, 6.07) is 3.63. The fourth-order valence-electron chi connectivity index (χ4n) is 3.39. The summed E-state index contributed by atoms with van der Waals surface area (Å²) in [4.78, 5) is 30.3. The highest BCUT2D eigenvalue weighted by Gasteiger charge is 2.32. The minimum Gasteiger partial charge on any atom is -0.474 e. The van der Waals surface area contributed by atoms with Crippen LogP contribution in [0.5, 0.6) is 5.88 Å². The monoisotopic (exact) mass is 343 g/mol. The SMILES string of the molecule is O=C(Nc1ccc(OC2CCN(C(=O)C3CCC3)CC2)nc1)C1CC1. The van der Waals surface area contributed by atoms with Gasteiger partial charge in [-0.3, -0.25) is 9.59 Å². The molecule has 6 heteroatoms. The second kappa shape index (κ2) is 7.02. The Morgan fingerprint density at radius 3 is 2.36 bits per heavy atom. The molecule has 6 nitrogen and oxygen atoms in total. The van der Waals surface area contributed by atoms with Crippen LogP contribution in [0.2, 0.25) is 0 Å². The molecule has 2 saturated carbocycles. The lowest BCUT2D eigenvalue weighted by Gasteiger charge is -2.36. The minimum atomic E-state index is 0.0824. The van der Waals surface area contributed by atoms with Crippen LogP contribution in [0, 0.1) is 11.8 Å². The summed E-state index contributed by atoms with van der Waals surface area (Å²) in [5.74, 6) is 1.45. The Morgan fingerprint density at radius 1 is 1.04 bits per heavy atom. The third kappa shape index (κ3) is 3.94. The molecule has 1 aromatic rings. The van der Waals surface area contributed by atoms with Crippen LogP contribution < -0.4 is 10.1 Å². The topological polar surface area (TPSA) is 71.5 Å². The van der Waals surface area contributed by atoms with Crippen LogP contribution >= 0.6 is 0 Å². The molecule has 3 fully saturated rings. The molecule has 1 aliphatic heterocycles. The van der Waals surface area contributed by atoms with E-state index in [4.69, 9.17) is 4.74 Å². The van der Waals surface area contributed by atoms with Crippen LogP contribution in [0.4, 0.5) is 5.69 Å². The zero-order chi connectivity index (χ0) is 17.2. The normalized spacial score (nSPS) is 21.5. The highest BCUT2D eigenvalue weighted by molar-refractivity contribution is 5.93. The number of pyridine rings is 1. The standard InChI is InChI=1S/C19H25N3O3/c23-18(13-4-5-13)21-15-6-7-17(20-12-15)25-16-8-10-22(11-9-16)19(24)14-2-1-3-14/h6-7,12-14,16H,1-5,8-11H2,(H,21,23). The van der Waals surface area contributed by atoms with E-state index < -0.39 is 0 Å². The van der Waals surface area contributed by atoms with Crippen molar-refractivity contribution in [1.82, 2.24) is 9.88 Å². The van der Waals surface area contributed by atoms with Gasteiger partial charge in [-0.25, -0.2) is 4.98 Å². The second-order valence-electron chi connectivity index (χ2n) is 7.42. The number of nitrogens with zero attached hydrogens (tertiary/aromatic N) is 2. The predicted molar refractivity (Wildman–Crippen MR) is 93.2 cm³/mol. The number of ether oxygens (including phenoxy) is 1. The van der Waals surface area contributed by atoms with Crippen molar-refractivity contribution in [1.29, 1.82) is 0 Å². The lowest BCUT2D eigenvalue weighted by Crippen LogP contribution is -2.45. The number of nitrogens with one attached hydrogen (secondary N) is 1. The van der Waals surface area contributed by atoms with Gasteiger partial charge in [-0.05, 0) is 31.7 Å². The summed E-state index contributed by atoms with van der Waals surface area (Å²) in [5, 5.41) is 2.87. The molecule has 3 aliphatic rings. The Morgan fingerprint density at radius 2 is 1.80 bits per heavy atom. The smallest absolute Gasteiger partial charge is 0.227 e. The van der Waals surface area contributed by atoms with E-state index in [9.17, 15) is 9.59 Å². The van der Waals surface area contributed by atoms with E-state index in [2.05, 4.69) is 10.3 Å². The van der Waals surface area contributed by atoms with Crippen LogP contribution in [-0.4, -0.2) is 40.9 Å². The lowest BCUT2D eigenvalue weighted by molar-refractivity contribution is -0.140. The van der Waals surface area contributed by atoms with Crippen LogP contribution in [-0.2, 0) is 9.59 Å². The quantitative estimate of drug-likeness (QED) is 0.892. The van der Waals surface area contributed by atoms with E-state index in [-0.39, 0.29) is 23.8 Å². The van der Waals surface area contributed by atoms with Crippen molar-refractivity contribution in [3.8, 4) is 5.88 Å². The maximum atomic E-state index is 12.3. The predicted octanol–water partition coefficient (Wildman–Crippen LogP) is 2.60. The first-order valence-corrected chi connectivity index (χ1v) is 9.41. The molecular formula is C19H25N3O3. The van der Waals surface area contributed by atoms with Crippen molar-refractivity contribution in [2.75, 3.05) is 18.4 Å². The van der Waals surface area contributed by atoms with Crippen molar-refractivity contribution < 1.29 is 14.3 Å². The Labute approximate surface area is 147 Å². The summed E-state index contributed by atoms with van der Waals surface area (Å²) in [6.45, 7) is 1.55. The van der Waals surface area contributed by atoms with Crippen molar-refractivity contribution in [3.63, 3.8) is 0 Å². The number of hydrogen-bond donors (Lipinski definition) is 1. The molecule has 0 spiro atoms. The van der Waals surface area contributed by atoms with Crippen LogP contribution in [0.25, 0.3) is 0 Å². The molecule has 0 atom stereocenters. The van der Waals surface area contributed by atoms with E-state index in [1.54, 1.807) is 12.3 Å². The largest absolute Gasteiger partial charge is 0.474 e. The third-order valence-electron chi connectivity index (χ3n) is 5.45. The Balaban J connectivity index is 1.24. The third-order valence-corrected chi connectivity index (χ3v) is 5.45. The summed E-state index contributed by atoms with van der Waals surface area (Å²) in [7, 11) is 0. The van der Waals surface area contributed by atoms with E-state index in [0.29, 0.717) is 17.5 Å². The van der Waals surface area contributed by atoms with E-state index in [1.807, 2.05) is 11.0 Å². The fourth-order valence-corrected chi connectivity index (χ4v) is 3.39. The molecule has 4 rings (SSSR count).